The Balaban J connectivity index is 0.00000385. The molecule has 0 saturated carbocycles. The van der Waals surface area contributed by atoms with Crippen molar-refractivity contribution in [1.29, 1.82) is 0 Å². The number of nitrogen functional groups attached to an aromatic ring is 1. The minimum absolute atomic E-state index is 0. The molecule has 174 valence electrons. The second kappa shape index (κ2) is 11.2. The Morgan fingerprint density at radius 1 is 1.48 bits per heavy atom. The van der Waals surface area contributed by atoms with Crippen molar-refractivity contribution in [2.24, 2.45) is 5.16 Å². The molecule has 4 N–H and O–H groups in total. The Bertz CT molecular complexity index is 1120. The molecule has 1 saturated heterocycles. The van der Waals surface area contributed by atoms with E-state index in [4.69, 9.17) is 10.8 Å². The maximum atomic E-state index is 12.7. The van der Waals surface area contributed by atoms with Crippen molar-refractivity contribution in [3.63, 3.8) is 0 Å². The predicted molar refractivity (Wildman–Crippen MR) is 113 cm³/mol. The molecule has 33 heavy (non-hydrogen) atoms. The average Bonchev–Trinajstić information content (AvgIpc) is 3.14. The van der Waals surface area contributed by atoms with Crippen LogP contribution in [0.4, 0.5) is 5.13 Å². The molecule has 0 bridgehead atoms. The Morgan fingerprint density at radius 2 is 2.18 bits per heavy atom. The van der Waals surface area contributed by atoms with E-state index in [2.05, 4.69) is 20.3 Å². The van der Waals surface area contributed by atoms with E-state index in [9.17, 15) is 27.9 Å². The number of anilines is 1. The molecule has 13 nitrogen and oxygen atoms in total. The molecule has 0 aliphatic carbocycles. The van der Waals surface area contributed by atoms with Crippen molar-refractivity contribution in [2.75, 3.05) is 36.7 Å². The number of nitrogens with two attached hydrogens (primary N) is 1. The van der Waals surface area contributed by atoms with Gasteiger partial charge in [-0.3, -0.25) is 14.5 Å². The molecule has 0 aromatic carbocycles. The van der Waals surface area contributed by atoms with Crippen molar-refractivity contribution < 1.29 is 67.4 Å². The number of rotatable bonds is 9. The fourth-order valence-corrected chi connectivity index (χ4v) is 6.38. The van der Waals surface area contributed by atoms with Gasteiger partial charge in [0.2, 0.25) is 0 Å². The third-order valence-corrected chi connectivity index (χ3v) is 8.09. The van der Waals surface area contributed by atoms with Gasteiger partial charge in [0, 0.05) is 11.1 Å². The van der Waals surface area contributed by atoms with Gasteiger partial charge in [0.25, 0.3) is 11.8 Å². The molecule has 2 amide bonds. The number of nitrogens with zero attached hydrogens (tertiary/aromatic N) is 3. The number of oxime groups is 1. The summed E-state index contributed by atoms with van der Waals surface area (Å²) in [6.07, 6.45) is 0. The zero-order valence-electron chi connectivity index (χ0n) is 17.5. The normalized spacial score (nSPS) is 20.5. The van der Waals surface area contributed by atoms with Crippen LogP contribution in [-0.4, -0.2) is 89.3 Å². The molecular formula is C16H18N5NaO8S3. The third kappa shape index (κ3) is 5.87. The topological polar surface area (TPSA) is 204 Å². The first-order chi connectivity index (χ1) is 15.1. The summed E-state index contributed by atoms with van der Waals surface area (Å²) in [5, 5.41) is 27.6. The van der Waals surface area contributed by atoms with Crippen LogP contribution in [0.25, 0.3) is 0 Å². The summed E-state index contributed by atoms with van der Waals surface area (Å²) in [6.45, 7) is -0.612. The van der Waals surface area contributed by atoms with Gasteiger partial charge in [-0.25, -0.2) is 13.4 Å². The standard InChI is InChI=1S/C16H19N5O8S3.Na/c1-29-20-9(8-5-31-16(17)18-8)12(23)19-10-13(24)21-11(15(25)26)7(4-30-14(10)21)6-32(27,28)3-2-22;/h5,10,14,22H,2-4,6H2,1H3,(H2,17,18)(H,19,23)(H,25,26);/q;+1/p-1/b20-9-;/t10?,14-;/m1./s1. The van der Waals surface area contributed by atoms with Gasteiger partial charge in [-0.05, 0) is 5.57 Å². The zero-order chi connectivity index (χ0) is 23.6. The van der Waals surface area contributed by atoms with Crippen LogP contribution in [-0.2, 0) is 29.1 Å². The first-order valence-electron chi connectivity index (χ1n) is 8.92. The Kier molecular flexibility index (Phi) is 9.32. The van der Waals surface area contributed by atoms with Gasteiger partial charge in [0.05, 0.1) is 29.8 Å². The van der Waals surface area contributed by atoms with E-state index in [-0.39, 0.29) is 57.4 Å². The predicted octanol–water partition coefficient (Wildman–Crippen LogP) is -6.11. The minimum Gasteiger partial charge on any atom is -0.543 e. The van der Waals surface area contributed by atoms with Crippen LogP contribution in [0, 0.1) is 0 Å². The molecule has 3 heterocycles. The van der Waals surface area contributed by atoms with Gasteiger partial charge >= 0.3 is 29.6 Å². The number of aromatic nitrogens is 1. The molecule has 1 fully saturated rings. The fourth-order valence-electron chi connectivity index (χ4n) is 3.16. The zero-order valence-corrected chi connectivity index (χ0v) is 22.0. The average molecular weight is 528 g/mol. The summed E-state index contributed by atoms with van der Waals surface area (Å²) in [6, 6.07) is -1.09. The smallest absolute Gasteiger partial charge is 0.543 e. The van der Waals surface area contributed by atoms with Crippen LogP contribution in [0.1, 0.15) is 5.69 Å². The molecule has 2 aliphatic rings. The number of sulfone groups is 1. The van der Waals surface area contributed by atoms with Crippen molar-refractivity contribution in [2.45, 2.75) is 11.4 Å². The number of thiazole rings is 1. The summed E-state index contributed by atoms with van der Waals surface area (Å²) < 4.78 is 24.0. The van der Waals surface area contributed by atoms with Crippen LogP contribution >= 0.6 is 23.1 Å². The summed E-state index contributed by atoms with van der Waals surface area (Å²) in [7, 11) is -2.55. The number of fused-ring (bicyclic) bond motifs is 1. The Hall–Kier alpha value is -1.69. The first kappa shape index (κ1) is 27.6. The van der Waals surface area contributed by atoms with Crippen LogP contribution in [0.5, 0.6) is 0 Å². The summed E-state index contributed by atoms with van der Waals surface area (Å²) in [4.78, 5) is 46.6. The number of aliphatic hydroxyl groups is 1. The van der Waals surface area contributed by atoms with E-state index in [1.807, 2.05) is 0 Å². The van der Waals surface area contributed by atoms with E-state index in [0.29, 0.717) is 0 Å². The number of hydrogen-bond acceptors (Lipinski definition) is 13. The van der Waals surface area contributed by atoms with Gasteiger partial charge in [0.15, 0.2) is 20.7 Å². The monoisotopic (exact) mass is 527 g/mol. The summed E-state index contributed by atoms with van der Waals surface area (Å²) in [5.41, 5.74) is 4.93. The quantitative estimate of drug-likeness (QED) is 0.119. The van der Waals surface area contributed by atoms with Gasteiger partial charge in [-0.1, -0.05) is 5.16 Å². The number of aliphatic carboxylic acids is 1. The van der Waals surface area contributed by atoms with E-state index >= 15 is 0 Å². The summed E-state index contributed by atoms with van der Waals surface area (Å²) in [5.74, 6) is -4.43. The van der Waals surface area contributed by atoms with Crippen molar-refractivity contribution in [1.82, 2.24) is 15.2 Å². The number of thioether (sulfide) groups is 1. The largest absolute Gasteiger partial charge is 1.00 e. The number of carbonyl (C=O) groups is 3. The summed E-state index contributed by atoms with van der Waals surface area (Å²) >= 11 is 2.16. The number of carboxylic acids is 1. The minimum atomic E-state index is -3.78. The van der Waals surface area contributed by atoms with Crippen molar-refractivity contribution >= 4 is 61.6 Å². The van der Waals surface area contributed by atoms with Gasteiger partial charge < -0.3 is 30.9 Å². The number of carboxylic acid groups (broad SMARTS) is 1. The molecule has 2 atom stereocenters. The van der Waals surface area contributed by atoms with Crippen LogP contribution in [0.15, 0.2) is 21.8 Å². The molecule has 3 rings (SSSR count). The van der Waals surface area contributed by atoms with E-state index < -0.39 is 62.8 Å². The van der Waals surface area contributed by atoms with Gasteiger partial charge in [-0.15, -0.1) is 23.1 Å². The van der Waals surface area contributed by atoms with Crippen LogP contribution < -0.4 is 45.7 Å². The number of amides is 2. The maximum absolute atomic E-state index is 12.7. The molecule has 17 heteroatoms. The molecule has 1 aromatic rings. The number of β-lactam (4-membered cyclic amide) rings is 1. The second-order valence-corrected chi connectivity index (χ2v) is 10.8. The number of nitrogens with one attached hydrogen (secondary N) is 1. The van der Waals surface area contributed by atoms with Gasteiger partial charge in [-0.2, -0.15) is 0 Å². The van der Waals surface area contributed by atoms with E-state index in [1.165, 1.54) is 12.5 Å². The van der Waals surface area contributed by atoms with E-state index in [0.717, 1.165) is 28.0 Å². The molecule has 1 aromatic heterocycles. The molecule has 1 unspecified atom stereocenters. The third-order valence-electron chi connectivity index (χ3n) is 4.49. The SMILES string of the molecule is CO/N=C(\C(=O)NC1C(=O)N2C(C(=O)[O-])=C(CS(=O)(=O)CCO)CS[C@H]12)c1csc(N)n1.[Na+]. The van der Waals surface area contributed by atoms with Crippen LogP contribution in [0.3, 0.4) is 0 Å². The number of aliphatic hydroxyl groups excluding tert-OH is 1. The second-order valence-electron chi connectivity index (χ2n) is 6.61. The number of hydrogen-bond donors (Lipinski definition) is 3. The fraction of sp³-hybridized carbons (Fsp3) is 0.438. The molecule has 0 radical (unpaired) electrons. The maximum Gasteiger partial charge on any atom is 1.00 e. The van der Waals surface area contributed by atoms with Gasteiger partial charge in [0.1, 0.15) is 24.2 Å². The molecule has 0 spiro atoms. The van der Waals surface area contributed by atoms with Crippen molar-refractivity contribution in [3.8, 4) is 0 Å². The molecule has 2 aliphatic heterocycles. The molecular weight excluding hydrogens is 509 g/mol. The first-order valence-corrected chi connectivity index (χ1v) is 12.7. The number of carbonyl (C=O) groups excluding carboxylic acids is 3. The Morgan fingerprint density at radius 3 is 2.73 bits per heavy atom. The van der Waals surface area contributed by atoms with E-state index in [1.54, 1.807) is 0 Å². The van der Waals surface area contributed by atoms with Crippen molar-refractivity contribution in [3.05, 3.63) is 22.3 Å². The Labute approximate surface area is 218 Å². The van der Waals surface area contributed by atoms with Crippen LogP contribution in [0.2, 0.25) is 0 Å².